The predicted molar refractivity (Wildman–Crippen MR) is 101 cm³/mol. The van der Waals surface area contributed by atoms with Gasteiger partial charge in [-0.1, -0.05) is 0 Å². The highest BCUT2D eigenvalue weighted by atomic mass is 32.2. The summed E-state index contributed by atoms with van der Waals surface area (Å²) in [6.07, 6.45) is 1.41. The van der Waals surface area contributed by atoms with Gasteiger partial charge in [0.2, 0.25) is 0 Å². The molecule has 9 heteroatoms. The molecule has 1 heterocycles. The summed E-state index contributed by atoms with van der Waals surface area (Å²) in [5, 5.41) is 11.2. The second-order valence-corrected chi connectivity index (χ2v) is 8.04. The van der Waals surface area contributed by atoms with Gasteiger partial charge in [0.25, 0.3) is 15.7 Å². The van der Waals surface area contributed by atoms with E-state index < -0.39 is 20.8 Å². The molecule has 0 saturated carbocycles. The molecule has 3 aromatic rings. The first-order valence-electron chi connectivity index (χ1n) is 8.26. The van der Waals surface area contributed by atoms with E-state index in [0.717, 1.165) is 22.5 Å². The van der Waals surface area contributed by atoms with Crippen LogP contribution in [0, 0.1) is 29.8 Å². The van der Waals surface area contributed by atoms with Crippen LogP contribution in [0.1, 0.15) is 16.9 Å². The molecule has 0 N–H and O–H groups in total. The average molecular weight is 404 g/mol. The fourth-order valence-corrected chi connectivity index (χ4v) is 4.52. The zero-order valence-electron chi connectivity index (χ0n) is 15.1. The summed E-state index contributed by atoms with van der Waals surface area (Å²) in [4.78, 5) is 10.4. The van der Waals surface area contributed by atoms with Crippen molar-refractivity contribution >= 4 is 21.4 Å². The van der Waals surface area contributed by atoms with Crippen LogP contribution in [0.3, 0.4) is 0 Å². The first-order chi connectivity index (χ1) is 13.2. The molecule has 0 amide bonds. The van der Waals surface area contributed by atoms with Gasteiger partial charge in [-0.25, -0.2) is 12.8 Å². The first kappa shape index (κ1) is 19.6. The Bertz CT molecular complexity index is 1110. The SMILES string of the molecule is Cc1cc([N+](=O)[O-])cc(S(=O)(=O)N(Cc2ccco2)c2ccc(F)cc2)c1C. The minimum atomic E-state index is -4.21. The van der Waals surface area contributed by atoms with Gasteiger partial charge in [-0.3, -0.25) is 14.4 Å². The molecule has 0 bridgehead atoms. The summed E-state index contributed by atoms with van der Waals surface area (Å²) < 4.78 is 46.6. The monoisotopic (exact) mass is 404 g/mol. The molecule has 0 fully saturated rings. The summed E-state index contributed by atoms with van der Waals surface area (Å²) in [5.74, 6) is -0.144. The Morgan fingerprint density at radius 1 is 1.14 bits per heavy atom. The average Bonchev–Trinajstić information content (AvgIpc) is 3.15. The number of non-ortho nitro benzene ring substituents is 1. The first-order valence-corrected chi connectivity index (χ1v) is 9.70. The minimum Gasteiger partial charge on any atom is -0.467 e. The van der Waals surface area contributed by atoms with Crippen molar-refractivity contribution in [1.29, 1.82) is 0 Å². The Morgan fingerprint density at radius 2 is 1.82 bits per heavy atom. The summed E-state index contributed by atoms with van der Waals surface area (Å²) >= 11 is 0. The topological polar surface area (TPSA) is 93.7 Å². The summed E-state index contributed by atoms with van der Waals surface area (Å²) in [7, 11) is -4.21. The summed E-state index contributed by atoms with van der Waals surface area (Å²) in [5.41, 5.74) is 0.766. The quantitative estimate of drug-likeness (QED) is 0.450. The highest BCUT2D eigenvalue weighted by molar-refractivity contribution is 7.92. The molecular weight excluding hydrogens is 387 g/mol. The van der Waals surface area contributed by atoms with Gasteiger partial charge in [-0.15, -0.1) is 0 Å². The van der Waals surface area contributed by atoms with E-state index in [-0.39, 0.29) is 22.8 Å². The van der Waals surface area contributed by atoms with Crippen LogP contribution in [0.5, 0.6) is 0 Å². The lowest BCUT2D eigenvalue weighted by atomic mass is 10.1. The normalized spacial score (nSPS) is 11.4. The van der Waals surface area contributed by atoms with Gasteiger partial charge in [0.1, 0.15) is 11.6 Å². The van der Waals surface area contributed by atoms with Crippen molar-refractivity contribution < 1.29 is 22.1 Å². The van der Waals surface area contributed by atoms with Gasteiger partial charge in [0.05, 0.1) is 28.3 Å². The van der Waals surface area contributed by atoms with Crippen LogP contribution in [0.25, 0.3) is 0 Å². The largest absolute Gasteiger partial charge is 0.467 e. The van der Waals surface area contributed by atoms with E-state index in [1.807, 2.05) is 0 Å². The fraction of sp³-hybridized carbons (Fsp3) is 0.158. The van der Waals surface area contributed by atoms with Gasteiger partial charge in [-0.2, -0.15) is 0 Å². The standard InChI is InChI=1S/C19H17FN2O5S/c1-13-10-17(22(23)24)11-19(14(13)2)28(25,26)21(12-18-4-3-9-27-18)16-7-5-15(20)6-8-16/h3-11H,12H2,1-2H3. The second-order valence-electron chi connectivity index (χ2n) is 6.21. The van der Waals surface area contributed by atoms with E-state index in [4.69, 9.17) is 4.42 Å². The third-order valence-electron chi connectivity index (χ3n) is 4.38. The Hall–Kier alpha value is -3.20. The number of nitrogens with zero attached hydrogens (tertiary/aromatic N) is 2. The van der Waals surface area contributed by atoms with Gasteiger partial charge in [-0.05, 0) is 61.4 Å². The van der Waals surface area contributed by atoms with Crippen molar-refractivity contribution in [3.63, 3.8) is 0 Å². The number of benzene rings is 2. The highest BCUT2D eigenvalue weighted by Gasteiger charge is 2.30. The van der Waals surface area contributed by atoms with Crippen molar-refractivity contribution in [2.75, 3.05) is 4.31 Å². The zero-order chi connectivity index (χ0) is 20.5. The molecule has 2 aromatic carbocycles. The van der Waals surface area contributed by atoms with Crippen LogP contribution in [0.2, 0.25) is 0 Å². The van der Waals surface area contributed by atoms with E-state index in [9.17, 15) is 22.9 Å². The van der Waals surface area contributed by atoms with E-state index >= 15 is 0 Å². The molecule has 0 unspecified atom stereocenters. The van der Waals surface area contributed by atoms with Gasteiger partial charge >= 0.3 is 0 Å². The Kier molecular flexibility index (Phi) is 5.19. The van der Waals surface area contributed by atoms with Crippen LogP contribution in [-0.4, -0.2) is 13.3 Å². The Balaban J connectivity index is 2.18. The Labute approximate surface area is 161 Å². The molecule has 0 radical (unpaired) electrons. The molecule has 0 saturated heterocycles. The van der Waals surface area contributed by atoms with Crippen molar-refractivity contribution in [1.82, 2.24) is 0 Å². The number of nitro benzene ring substituents is 1. The van der Waals surface area contributed by atoms with Crippen LogP contribution < -0.4 is 4.31 Å². The smallest absolute Gasteiger partial charge is 0.271 e. The van der Waals surface area contributed by atoms with Crippen LogP contribution in [-0.2, 0) is 16.6 Å². The van der Waals surface area contributed by atoms with Crippen molar-refractivity contribution in [3.05, 3.63) is 87.6 Å². The summed E-state index contributed by atoms with van der Waals surface area (Å²) in [6.45, 7) is 3.04. The molecule has 0 spiro atoms. The predicted octanol–water partition coefficient (Wildman–Crippen LogP) is 4.34. The highest BCUT2D eigenvalue weighted by Crippen LogP contribution is 2.31. The number of hydrogen-bond acceptors (Lipinski definition) is 5. The number of hydrogen-bond donors (Lipinski definition) is 0. The van der Waals surface area contributed by atoms with Crippen molar-refractivity contribution in [2.45, 2.75) is 25.3 Å². The van der Waals surface area contributed by atoms with E-state index in [1.165, 1.54) is 24.5 Å². The number of nitro groups is 1. The van der Waals surface area contributed by atoms with Gasteiger partial charge in [0, 0.05) is 12.1 Å². The molecule has 1 aromatic heterocycles. The second kappa shape index (κ2) is 7.43. The van der Waals surface area contributed by atoms with Gasteiger partial charge in [0.15, 0.2) is 0 Å². The lowest BCUT2D eigenvalue weighted by Crippen LogP contribution is -2.31. The molecule has 0 aliphatic carbocycles. The van der Waals surface area contributed by atoms with E-state index in [1.54, 1.807) is 26.0 Å². The molecule has 3 rings (SSSR count). The van der Waals surface area contributed by atoms with Crippen LogP contribution in [0.4, 0.5) is 15.8 Å². The third-order valence-corrected chi connectivity index (χ3v) is 6.28. The number of rotatable bonds is 6. The maximum absolute atomic E-state index is 13.5. The zero-order valence-corrected chi connectivity index (χ0v) is 15.9. The third kappa shape index (κ3) is 3.74. The van der Waals surface area contributed by atoms with Crippen molar-refractivity contribution in [3.8, 4) is 0 Å². The molecule has 0 atom stereocenters. The van der Waals surface area contributed by atoms with Crippen molar-refractivity contribution in [2.24, 2.45) is 0 Å². The number of aryl methyl sites for hydroxylation is 1. The number of sulfonamides is 1. The fourth-order valence-electron chi connectivity index (χ4n) is 2.77. The molecule has 0 aliphatic heterocycles. The Morgan fingerprint density at radius 3 is 2.39 bits per heavy atom. The molecule has 0 aliphatic rings. The molecular formula is C19H17FN2O5S. The van der Waals surface area contributed by atoms with E-state index in [0.29, 0.717) is 16.9 Å². The number of anilines is 1. The molecule has 28 heavy (non-hydrogen) atoms. The van der Waals surface area contributed by atoms with Crippen LogP contribution >= 0.6 is 0 Å². The summed E-state index contributed by atoms with van der Waals surface area (Å²) in [6, 6.07) is 10.5. The number of furan rings is 1. The van der Waals surface area contributed by atoms with Crippen LogP contribution in [0.15, 0.2) is 64.1 Å². The number of halogens is 1. The maximum atomic E-state index is 13.5. The minimum absolute atomic E-state index is 0.151. The van der Waals surface area contributed by atoms with E-state index in [2.05, 4.69) is 0 Å². The lowest BCUT2D eigenvalue weighted by Gasteiger charge is -2.25. The maximum Gasteiger partial charge on any atom is 0.271 e. The molecule has 146 valence electrons. The van der Waals surface area contributed by atoms with Gasteiger partial charge < -0.3 is 4.42 Å². The lowest BCUT2D eigenvalue weighted by molar-refractivity contribution is -0.385. The molecule has 7 nitrogen and oxygen atoms in total.